The quantitative estimate of drug-likeness (QED) is 0.0355. The van der Waals surface area contributed by atoms with Crippen LogP contribution in [0, 0.1) is 22.7 Å². The Hall–Kier alpha value is -4.30. The molecule has 316 valence electrons. The standard InChI is InChI=1S/C50H72N4O4/c1-5-9-13-17-21-25-29-55-45-33-39-40-34-46(56-30-26-22-18-14-10-6-2)48(58-32-28-24-20-16-12-8-4)36-42(40)50-49(53-43(37-51)44(38-52)54-50)41(39)35-47(45)57-31-27-23-19-15-11-7-3/h33-36H,5-32H2,1-4H3. The van der Waals surface area contributed by atoms with E-state index in [1.54, 1.807) is 0 Å². The van der Waals surface area contributed by atoms with E-state index in [1.807, 2.05) is 12.1 Å². The van der Waals surface area contributed by atoms with Crippen molar-refractivity contribution in [2.75, 3.05) is 26.4 Å². The summed E-state index contributed by atoms with van der Waals surface area (Å²) in [5, 5.41) is 23.5. The van der Waals surface area contributed by atoms with Crippen molar-refractivity contribution in [3.05, 3.63) is 35.7 Å². The van der Waals surface area contributed by atoms with E-state index in [0.29, 0.717) is 60.5 Å². The molecule has 8 heteroatoms. The molecule has 0 aliphatic heterocycles. The van der Waals surface area contributed by atoms with Gasteiger partial charge in [-0.2, -0.15) is 10.5 Å². The van der Waals surface area contributed by atoms with E-state index >= 15 is 0 Å². The van der Waals surface area contributed by atoms with Gasteiger partial charge in [-0.15, -0.1) is 0 Å². The van der Waals surface area contributed by atoms with Crippen LogP contribution in [-0.4, -0.2) is 36.4 Å². The average molecular weight is 793 g/mol. The molecule has 3 aromatic carbocycles. The highest BCUT2D eigenvalue weighted by Gasteiger charge is 2.21. The molecule has 0 bridgehead atoms. The van der Waals surface area contributed by atoms with Crippen molar-refractivity contribution in [3.8, 4) is 35.1 Å². The van der Waals surface area contributed by atoms with Gasteiger partial charge in [0.05, 0.1) is 37.5 Å². The van der Waals surface area contributed by atoms with E-state index < -0.39 is 0 Å². The van der Waals surface area contributed by atoms with Crippen molar-refractivity contribution >= 4 is 32.6 Å². The number of benzene rings is 3. The van der Waals surface area contributed by atoms with Gasteiger partial charge in [-0.25, -0.2) is 9.97 Å². The summed E-state index contributed by atoms with van der Waals surface area (Å²) in [6, 6.07) is 12.4. The monoisotopic (exact) mass is 793 g/mol. The van der Waals surface area contributed by atoms with Gasteiger partial charge in [-0.1, -0.05) is 156 Å². The Balaban J connectivity index is 1.80. The maximum absolute atomic E-state index is 10.0. The normalized spacial score (nSPS) is 11.3. The van der Waals surface area contributed by atoms with Crippen molar-refractivity contribution in [1.82, 2.24) is 9.97 Å². The number of hydrogen-bond donors (Lipinski definition) is 0. The van der Waals surface area contributed by atoms with Gasteiger partial charge in [0.15, 0.2) is 34.4 Å². The van der Waals surface area contributed by atoms with Gasteiger partial charge in [0.25, 0.3) is 0 Å². The van der Waals surface area contributed by atoms with Gasteiger partial charge in [0, 0.05) is 10.8 Å². The average Bonchev–Trinajstić information content (AvgIpc) is 3.24. The van der Waals surface area contributed by atoms with Crippen LogP contribution in [-0.2, 0) is 0 Å². The lowest BCUT2D eigenvalue weighted by Gasteiger charge is -2.19. The van der Waals surface area contributed by atoms with Gasteiger partial charge in [0.2, 0.25) is 0 Å². The second-order valence-corrected chi connectivity index (χ2v) is 16.0. The summed E-state index contributed by atoms with van der Waals surface area (Å²) in [4.78, 5) is 9.60. The second-order valence-electron chi connectivity index (χ2n) is 16.0. The summed E-state index contributed by atoms with van der Waals surface area (Å²) in [5.74, 6) is 2.73. The van der Waals surface area contributed by atoms with E-state index in [4.69, 9.17) is 28.9 Å². The summed E-state index contributed by atoms with van der Waals surface area (Å²) in [7, 11) is 0. The molecule has 0 radical (unpaired) electrons. The maximum Gasteiger partial charge on any atom is 0.177 e. The van der Waals surface area contributed by atoms with Crippen molar-refractivity contribution in [2.24, 2.45) is 0 Å². The van der Waals surface area contributed by atoms with E-state index in [-0.39, 0.29) is 11.4 Å². The summed E-state index contributed by atoms with van der Waals surface area (Å²) < 4.78 is 26.2. The largest absolute Gasteiger partial charge is 0.490 e. The lowest BCUT2D eigenvalue weighted by molar-refractivity contribution is 0.259. The molecule has 0 aliphatic rings. The van der Waals surface area contributed by atoms with Crippen LogP contribution in [0.1, 0.15) is 193 Å². The molecular formula is C50H72N4O4. The minimum atomic E-state index is 0.00651. The van der Waals surface area contributed by atoms with Crippen LogP contribution in [0.4, 0.5) is 0 Å². The lowest BCUT2D eigenvalue weighted by Crippen LogP contribution is -2.05. The Morgan fingerprint density at radius 3 is 0.862 bits per heavy atom. The molecule has 0 aliphatic carbocycles. The van der Waals surface area contributed by atoms with Gasteiger partial charge >= 0.3 is 0 Å². The zero-order valence-corrected chi connectivity index (χ0v) is 36.5. The van der Waals surface area contributed by atoms with Crippen molar-refractivity contribution < 1.29 is 18.9 Å². The Morgan fingerprint density at radius 1 is 0.362 bits per heavy atom. The first-order valence-electron chi connectivity index (χ1n) is 23.2. The molecule has 0 saturated carbocycles. The third kappa shape index (κ3) is 14.5. The fourth-order valence-corrected chi connectivity index (χ4v) is 7.63. The summed E-state index contributed by atoms with van der Waals surface area (Å²) in [6.07, 6.45) is 28.2. The van der Waals surface area contributed by atoms with Crippen LogP contribution in [0.15, 0.2) is 24.3 Å². The number of unbranched alkanes of at least 4 members (excludes halogenated alkanes) is 20. The summed E-state index contributed by atoms with van der Waals surface area (Å²) >= 11 is 0. The molecule has 0 spiro atoms. The summed E-state index contributed by atoms with van der Waals surface area (Å²) in [6.45, 7) is 11.3. The smallest absolute Gasteiger partial charge is 0.177 e. The number of hydrogen-bond acceptors (Lipinski definition) is 8. The highest BCUT2D eigenvalue weighted by molar-refractivity contribution is 6.24. The van der Waals surface area contributed by atoms with Crippen molar-refractivity contribution in [1.29, 1.82) is 10.5 Å². The number of fused-ring (bicyclic) bond motifs is 6. The molecule has 58 heavy (non-hydrogen) atoms. The maximum atomic E-state index is 10.0. The number of nitrogens with zero attached hydrogens (tertiary/aromatic N) is 4. The molecule has 0 fully saturated rings. The third-order valence-corrected chi connectivity index (χ3v) is 11.1. The first kappa shape index (κ1) is 46.4. The molecule has 0 atom stereocenters. The molecular weight excluding hydrogens is 721 g/mol. The highest BCUT2D eigenvalue weighted by atomic mass is 16.5. The first-order chi connectivity index (χ1) is 28.6. The molecule has 4 aromatic rings. The Labute approximate surface area is 350 Å². The molecule has 0 unspecified atom stereocenters. The van der Waals surface area contributed by atoms with Crippen LogP contribution in [0.3, 0.4) is 0 Å². The Morgan fingerprint density at radius 2 is 0.603 bits per heavy atom. The number of ether oxygens (including phenoxy) is 4. The van der Waals surface area contributed by atoms with Crippen LogP contribution < -0.4 is 18.9 Å². The Kier molecular flexibility index (Phi) is 21.9. The molecule has 1 heterocycles. The molecule has 0 saturated heterocycles. The van der Waals surface area contributed by atoms with Gasteiger partial charge in [-0.05, 0) is 60.7 Å². The van der Waals surface area contributed by atoms with Gasteiger partial charge in [-0.3, -0.25) is 0 Å². The topological polar surface area (TPSA) is 110 Å². The van der Waals surface area contributed by atoms with E-state index in [9.17, 15) is 10.5 Å². The fourth-order valence-electron chi connectivity index (χ4n) is 7.63. The predicted octanol–water partition coefficient (Wildman–Crippen LogP) is 14.6. The number of nitriles is 2. The molecule has 1 aromatic heterocycles. The van der Waals surface area contributed by atoms with Gasteiger partial charge in [0.1, 0.15) is 12.1 Å². The SMILES string of the molecule is CCCCCCCCOc1cc2c3cc(OCCCCCCCC)c(OCCCCCCCC)cc3c3nc(C#N)c(C#N)nc3c2cc1OCCCCCCCC. The van der Waals surface area contributed by atoms with Crippen molar-refractivity contribution in [3.63, 3.8) is 0 Å². The molecule has 0 amide bonds. The van der Waals surface area contributed by atoms with E-state index in [2.05, 4.69) is 52.0 Å². The molecule has 8 nitrogen and oxygen atoms in total. The molecule has 0 N–H and O–H groups in total. The van der Waals surface area contributed by atoms with Crippen LogP contribution >= 0.6 is 0 Å². The predicted molar refractivity (Wildman–Crippen MR) is 239 cm³/mol. The van der Waals surface area contributed by atoms with Crippen LogP contribution in [0.5, 0.6) is 23.0 Å². The van der Waals surface area contributed by atoms with Crippen LogP contribution in [0.25, 0.3) is 32.6 Å². The summed E-state index contributed by atoms with van der Waals surface area (Å²) in [5.41, 5.74) is 1.11. The second kappa shape index (κ2) is 27.4. The highest BCUT2D eigenvalue weighted by Crippen LogP contribution is 2.44. The fraction of sp³-hybridized carbons (Fsp3) is 0.640. The first-order valence-corrected chi connectivity index (χ1v) is 23.2. The minimum absolute atomic E-state index is 0.00651. The van der Waals surface area contributed by atoms with Crippen molar-refractivity contribution in [2.45, 2.75) is 182 Å². The van der Waals surface area contributed by atoms with E-state index in [1.165, 1.54) is 103 Å². The number of aromatic nitrogens is 2. The zero-order valence-electron chi connectivity index (χ0n) is 36.5. The van der Waals surface area contributed by atoms with E-state index in [0.717, 1.165) is 72.9 Å². The third-order valence-electron chi connectivity index (χ3n) is 11.1. The molecule has 4 rings (SSSR count). The minimum Gasteiger partial charge on any atom is -0.490 e. The number of rotatable bonds is 32. The van der Waals surface area contributed by atoms with Crippen LogP contribution in [0.2, 0.25) is 0 Å². The Bertz CT molecular complexity index is 1760. The van der Waals surface area contributed by atoms with Gasteiger partial charge < -0.3 is 18.9 Å². The lowest BCUT2D eigenvalue weighted by atomic mass is 9.97. The zero-order chi connectivity index (χ0) is 41.2.